The third-order valence-electron chi connectivity index (χ3n) is 3.38. The Labute approximate surface area is 117 Å². The number of hydrogen-bond acceptors (Lipinski definition) is 4. The molecule has 0 spiro atoms. The van der Waals surface area contributed by atoms with E-state index < -0.39 is 0 Å². The molecule has 2 rings (SSSR count). The smallest absolute Gasteiger partial charge is 0.272 e. The minimum Gasteiger partial charge on any atom is -0.334 e. The highest BCUT2D eigenvalue weighted by Crippen LogP contribution is 2.20. The zero-order valence-corrected chi connectivity index (χ0v) is 11.7. The first kappa shape index (κ1) is 14.2. The molecule has 1 aromatic heterocycles. The first-order valence-electron chi connectivity index (χ1n) is 6.51. The maximum absolute atomic E-state index is 10.9. The highest BCUT2D eigenvalue weighted by atomic mass is 16.6. The predicted octanol–water partition coefficient (Wildman–Crippen LogP) is 2.20. The SMILES string of the molecule is Cc1c(CNCCn2ccnc2C)cccc1[N+](=O)[O-]. The molecule has 106 valence electrons. The van der Waals surface area contributed by atoms with Gasteiger partial charge < -0.3 is 9.88 Å². The Balaban J connectivity index is 1.90. The molecular formula is C14H18N4O2. The Hall–Kier alpha value is -2.21. The number of nitrogens with one attached hydrogen (secondary N) is 1. The summed E-state index contributed by atoms with van der Waals surface area (Å²) < 4.78 is 2.06. The first-order chi connectivity index (χ1) is 9.59. The Morgan fingerprint density at radius 2 is 2.20 bits per heavy atom. The molecule has 0 saturated carbocycles. The molecule has 1 heterocycles. The number of benzene rings is 1. The van der Waals surface area contributed by atoms with Crippen molar-refractivity contribution in [1.82, 2.24) is 14.9 Å². The van der Waals surface area contributed by atoms with E-state index in [2.05, 4.69) is 14.9 Å². The largest absolute Gasteiger partial charge is 0.334 e. The molecule has 2 aromatic rings. The maximum atomic E-state index is 10.9. The standard InChI is InChI=1S/C14H18N4O2/c1-11-13(4-3-5-14(11)18(19)20)10-15-6-8-17-9-7-16-12(17)2/h3-5,7,9,15H,6,8,10H2,1-2H3. The van der Waals surface area contributed by atoms with Gasteiger partial charge in [0.1, 0.15) is 5.82 Å². The second kappa shape index (κ2) is 6.29. The molecular weight excluding hydrogens is 256 g/mol. The number of rotatable bonds is 6. The fraction of sp³-hybridized carbons (Fsp3) is 0.357. The number of nitro benzene ring substituents is 1. The highest BCUT2D eigenvalue weighted by molar-refractivity contribution is 5.44. The number of imidazole rings is 1. The van der Waals surface area contributed by atoms with Crippen molar-refractivity contribution >= 4 is 5.69 Å². The van der Waals surface area contributed by atoms with Crippen LogP contribution in [0.4, 0.5) is 5.69 Å². The molecule has 0 atom stereocenters. The van der Waals surface area contributed by atoms with Crippen molar-refractivity contribution in [2.45, 2.75) is 26.9 Å². The molecule has 0 fully saturated rings. The van der Waals surface area contributed by atoms with Crippen LogP contribution in [0.5, 0.6) is 0 Å². The van der Waals surface area contributed by atoms with Crippen molar-refractivity contribution in [3.8, 4) is 0 Å². The van der Waals surface area contributed by atoms with Gasteiger partial charge in [0.05, 0.1) is 4.92 Å². The van der Waals surface area contributed by atoms with Gasteiger partial charge in [0, 0.05) is 43.7 Å². The summed E-state index contributed by atoms with van der Waals surface area (Å²) >= 11 is 0. The highest BCUT2D eigenvalue weighted by Gasteiger charge is 2.12. The lowest BCUT2D eigenvalue weighted by Gasteiger charge is -2.09. The molecule has 0 radical (unpaired) electrons. The zero-order chi connectivity index (χ0) is 14.5. The van der Waals surface area contributed by atoms with Gasteiger partial charge >= 0.3 is 0 Å². The normalized spacial score (nSPS) is 10.7. The minimum absolute atomic E-state index is 0.176. The summed E-state index contributed by atoms with van der Waals surface area (Å²) in [5.41, 5.74) is 1.86. The van der Waals surface area contributed by atoms with Gasteiger partial charge in [-0.3, -0.25) is 10.1 Å². The van der Waals surface area contributed by atoms with E-state index in [0.717, 1.165) is 30.0 Å². The van der Waals surface area contributed by atoms with Gasteiger partial charge in [-0.05, 0) is 19.4 Å². The van der Waals surface area contributed by atoms with Crippen LogP contribution in [0.3, 0.4) is 0 Å². The molecule has 0 unspecified atom stereocenters. The Morgan fingerprint density at radius 3 is 2.85 bits per heavy atom. The second-order valence-corrected chi connectivity index (χ2v) is 4.66. The summed E-state index contributed by atoms with van der Waals surface area (Å²) in [6, 6.07) is 5.17. The topological polar surface area (TPSA) is 73.0 Å². The van der Waals surface area contributed by atoms with E-state index in [1.54, 1.807) is 19.2 Å². The Morgan fingerprint density at radius 1 is 1.40 bits per heavy atom. The number of hydrogen-bond donors (Lipinski definition) is 1. The van der Waals surface area contributed by atoms with Crippen molar-refractivity contribution in [3.05, 3.63) is 57.7 Å². The van der Waals surface area contributed by atoms with Crippen molar-refractivity contribution in [1.29, 1.82) is 0 Å². The monoisotopic (exact) mass is 274 g/mol. The zero-order valence-electron chi connectivity index (χ0n) is 11.7. The summed E-state index contributed by atoms with van der Waals surface area (Å²) in [5, 5.41) is 14.2. The summed E-state index contributed by atoms with van der Waals surface area (Å²) in [7, 11) is 0. The van der Waals surface area contributed by atoms with E-state index in [-0.39, 0.29) is 10.6 Å². The fourth-order valence-electron chi connectivity index (χ4n) is 2.12. The van der Waals surface area contributed by atoms with Gasteiger partial charge in [-0.15, -0.1) is 0 Å². The Kier molecular flexibility index (Phi) is 4.47. The van der Waals surface area contributed by atoms with Crippen LogP contribution in [0.25, 0.3) is 0 Å². The predicted molar refractivity (Wildman–Crippen MR) is 76.5 cm³/mol. The van der Waals surface area contributed by atoms with Crippen LogP contribution in [0.15, 0.2) is 30.6 Å². The third kappa shape index (κ3) is 3.21. The first-order valence-corrected chi connectivity index (χ1v) is 6.51. The number of aryl methyl sites for hydroxylation is 1. The van der Waals surface area contributed by atoms with Crippen LogP contribution in [-0.2, 0) is 13.1 Å². The van der Waals surface area contributed by atoms with Crippen molar-refractivity contribution < 1.29 is 4.92 Å². The third-order valence-corrected chi connectivity index (χ3v) is 3.38. The lowest BCUT2D eigenvalue weighted by atomic mass is 10.1. The number of nitrogens with zero attached hydrogens (tertiary/aromatic N) is 3. The second-order valence-electron chi connectivity index (χ2n) is 4.66. The van der Waals surface area contributed by atoms with Gasteiger partial charge in [-0.25, -0.2) is 4.98 Å². The minimum atomic E-state index is -0.340. The number of aromatic nitrogens is 2. The lowest BCUT2D eigenvalue weighted by Crippen LogP contribution is -2.20. The van der Waals surface area contributed by atoms with E-state index in [0.29, 0.717) is 6.54 Å². The summed E-state index contributed by atoms with van der Waals surface area (Å²) in [5.74, 6) is 0.985. The van der Waals surface area contributed by atoms with Crippen molar-refractivity contribution in [2.75, 3.05) is 6.54 Å². The van der Waals surface area contributed by atoms with Crippen LogP contribution >= 0.6 is 0 Å². The average Bonchev–Trinajstić information content (AvgIpc) is 2.81. The van der Waals surface area contributed by atoms with Gasteiger partial charge in [0.15, 0.2) is 0 Å². The average molecular weight is 274 g/mol. The molecule has 1 aromatic carbocycles. The molecule has 6 nitrogen and oxygen atoms in total. The summed E-state index contributed by atoms with van der Waals surface area (Å²) in [6.45, 7) is 6.00. The molecule has 1 N–H and O–H groups in total. The van der Waals surface area contributed by atoms with E-state index in [9.17, 15) is 10.1 Å². The van der Waals surface area contributed by atoms with Crippen molar-refractivity contribution in [2.24, 2.45) is 0 Å². The molecule has 20 heavy (non-hydrogen) atoms. The van der Waals surface area contributed by atoms with E-state index in [1.165, 1.54) is 6.07 Å². The van der Waals surface area contributed by atoms with Crippen molar-refractivity contribution in [3.63, 3.8) is 0 Å². The number of nitro groups is 1. The lowest BCUT2D eigenvalue weighted by molar-refractivity contribution is -0.385. The van der Waals surface area contributed by atoms with E-state index in [4.69, 9.17) is 0 Å². The Bertz CT molecular complexity index is 607. The van der Waals surface area contributed by atoms with Crippen LogP contribution in [0.1, 0.15) is 17.0 Å². The molecule has 0 saturated heterocycles. The fourth-order valence-corrected chi connectivity index (χ4v) is 2.12. The molecule has 0 bridgehead atoms. The quantitative estimate of drug-likeness (QED) is 0.498. The van der Waals surface area contributed by atoms with E-state index >= 15 is 0 Å². The molecule has 0 aliphatic rings. The summed E-state index contributed by atoms with van der Waals surface area (Å²) in [4.78, 5) is 14.7. The molecule has 0 aliphatic heterocycles. The maximum Gasteiger partial charge on any atom is 0.272 e. The molecule has 6 heteroatoms. The van der Waals surface area contributed by atoms with Crippen LogP contribution in [-0.4, -0.2) is 21.0 Å². The van der Waals surface area contributed by atoms with E-state index in [1.807, 2.05) is 19.2 Å². The van der Waals surface area contributed by atoms with Gasteiger partial charge in [0.2, 0.25) is 0 Å². The molecule has 0 amide bonds. The van der Waals surface area contributed by atoms with Crippen LogP contribution in [0.2, 0.25) is 0 Å². The van der Waals surface area contributed by atoms with Gasteiger partial charge in [0.25, 0.3) is 5.69 Å². The summed E-state index contributed by atoms with van der Waals surface area (Å²) in [6.07, 6.45) is 3.72. The molecule has 0 aliphatic carbocycles. The van der Waals surface area contributed by atoms with Gasteiger partial charge in [-0.1, -0.05) is 12.1 Å². The van der Waals surface area contributed by atoms with Crippen LogP contribution in [0, 0.1) is 24.0 Å². The van der Waals surface area contributed by atoms with Crippen LogP contribution < -0.4 is 5.32 Å². The van der Waals surface area contributed by atoms with Gasteiger partial charge in [-0.2, -0.15) is 0 Å².